The van der Waals surface area contributed by atoms with E-state index < -0.39 is 28.1 Å². The second-order valence-corrected chi connectivity index (χ2v) is 28.4. The lowest BCUT2D eigenvalue weighted by molar-refractivity contribution is -0.141. The van der Waals surface area contributed by atoms with Gasteiger partial charge < -0.3 is 9.47 Å². The Hall–Kier alpha value is -2.45. The number of rotatable bonds is 26. The highest BCUT2D eigenvalue weighted by molar-refractivity contribution is 6.92. The van der Waals surface area contributed by atoms with Gasteiger partial charge in [0.05, 0.1) is 16.1 Å². The van der Waals surface area contributed by atoms with Gasteiger partial charge in [0, 0.05) is 12.2 Å². The van der Waals surface area contributed by atoms with Gasteiger partial charge in [0.1, 0.15) is 13.2 Å². The van der Waals surface area contributed by atoms with E-state index in [-0.39, 0.29) is 13.2 Å². The molecule has 0 aliphatic heterocycles. The molecule has 0 atom stereocenters. The Bertz CT molecular complexity index is 1200. The van der Waals surface area contributed by atoms with Gasteiger partial charge in [0.15, 0.2) is 0 Å². The largest absolute Gasteiger partial charge is 0.458 e. The zero-order valence-corrected chi connectivity index (χ0v) is 38.8. The van der Waals surface area contributed by atoms with Gasteiger partial charge in [-0.1, -0.05) is 217 Å². The van der Waals surface area contributed by atoms with Crippen molar-refractivity contribution >= 4 is 38.5 Å². The van der Waals surface area contributed by atoms with Crippen LogP contribution in [0.1, 0.15) is 133 Å². The fourth-order valence-corrected chi connectivity index (χ4v) is 19.2. The van der Waals surface area contributed by atoms with Crippen LogP contribution in [-0.4, -0.2) is 28.1 Å². The normalized spacial score (nSPS) is 12.7. The van der Waals surface area contributed by atoms with Crippen molar-refractivity contribution in [3.05, 3.63) is 71.8 Å². The molecular weight excluding hydrogens is 697 g/mol. The number of carbonyl (C=O) groups excluding carboxylic acids is 2. The van der Waals surface area contributed by atoms with Crippen molar-refractivity contribution in [1.29, 1.82) is 0 Å². The lowest BCUT2D eigenvalue weighted by atomic mass is 10.1. The molecule has 2 aromatic carbocycles. The van der Waals surface area contributed by atoms with E-state index in [1.165, 1.54) is 86.9 Å². The van der Waals surface area contributed by atoms with E-state index >= 15 is 0 Å². The van der Waals surface area contributed by atoms with Gasteiger partial charge in [0.25, 0.3) is 0 Å². The first-order valence-electron chi connectivity index (χ1n) is 21.7. The molecular formula is C48H80O4Si2. The van der Waals surface area contributed by atoms with Crippen molar-refractivity contribution in [1.82, 2.24) is 0 Å². The van der Waals surface area contributed by atoms with E-state index in [9.17, 15) is 9.59 Å². The first kappa shape index (κ1) is 47.7. The molecule has 0 bridgehead atoms. The highest BCUT2D eigenvalue weighted by Crippen LogP contribution is 2.33. The minimum Gasteiger partial charge on any atom is -0.458 e. The van der Waals surface area contributed by atoms with E-state index in [1.807, 2.05) is 0 Å². The minimum atomic E-state index is -1.69. The predicted molar refractivity (Wildman–Crippen MR) is 238 cm³/mol. The van der Waals surface area contributed by atoms with E-state index in [4.69, 9.17) is 9.47 Å². The molecule has 0 spiro atoms. The zero-order valence-electron chi connectivity index (χ0n) is 36.8. The summed E-state index contributed by atoms with van der Waals surface area (Å²) in [5, 5.41) is 3.09. The molecule has 54 heavy (non-hydrogen) atoms. The molecule has 4 nitrogen and oxygen atoms in total. The second kappa shape index (κ2) is 24.2. The average Bonchev–Trinajstić information content (AvgIpc) is 3.12. The van der Waals surface area contributed by atoms with Crippen LogP contribution in [0.4, 0.5) is 0 Å². The first-order valence-corrected chi connectivity index (χ1v) is 26.9. The molecule has 2 rings (SSSR count). The van der Waals surface area contributed by atoms with Gasteiger partial charge >= 0.3 is 11.9 Å². The lowest BCUT2D eigenvalue weighted by Crippen LogP contribution is -2.48. The highest BCUT2D eigenvalue weighted by Gasteiger charge is 2.36. The van der Waals surface area contributed by atoms with Gasteiger partial charge in [-0.05, 0) is 46.6 Å². The Morgan fingerprint density at radius 1 is 0.426 bits per heavy atom. The topological polar surface area (TPSA) is 52.6 Å². The quantitative estimate of drug-likeness (QED) is 0.0542. The summed E-state index contributed by atoms with van der Waals surface area (Å²) in [5.41, 5.74) is 1.94. The molecule has 0 N–H and O–H groups in total. The summed E-state index contributed by atoms with van der Waals surface area (Å²) >= 11 is 0. The van der Waals surface area contributed by atoms with Gasteiger partial charge in [-0.3, -0.25) is 0 Å². The van der Waals surface area contributed by atoms with E-state index in [0.717, 1.165) is 11.1 Å². The number of hydrogen-bond donors (Lipinski definition) is 0. The Labute approximate surface area is 334 Å². The second-order valence-electron chi connectivity index (χ2n) is 19.1. The summed E-state index contributed by atoms with van der Waals surface area (Å²) in [4.78, 5) is 25.2. The van der Waals surface area contributed by atoms with Crippen LogP contribution in [0, 0.1) is 35.5 Å². The van der Waals surface area contributed by atoms with Crippen molar-refractivity contribution in [2.45, 2.75) is 171 Å². The van der Waals surface area contributed by atoms with Crippen molar-refractivity contribution in [2.24, 2.45) is 35.5 Å². The molecule has 0 aromatic heterocycles. The zero-order chi connectivity index (χ0) is 40.3. The maximum absolute atomic E-state index is 12.6. The van der Waals surface area contributed by atoms with E-state index in [0.29, 0.717) is 35.5 Å². The van der Waals surface area contributed by atoms with Crippen LogP contribution in [-0.2, 0) is 32.3 Å². The van der Waals surface area contributed by atoms with Crippen molar-refractivity contribution in [3.63, 3.8) is 0 Å². The summed E-state index contributed by atoms with van der Waals surface area (Å²) in [7, 11) is -3.38. The molecule has 0 saturated heterocycles. The van der Waals surface area contributed by atoms with Crippen LogP contribution in [0.25, 0.3) is 0 Å². The number of carbonyl (C=O) groups is 2. The first-order chi connectivity index (χ1) is 25.4. The molecule has 6 heteroatoms. The van der Waals surface area contributed by atoms with Crippen molar-refractivity contribution < 1.29 is 19.1 Å². The Balaban J connectivity index is 2.03. The predicted octanol–water partition coefficient (Wildman–Crippen LogP) is 12.6. The third-order valence-corrected chi connectivity index (χ3v) is 22.0. The molecule has 0 amide bonds. The van der Waals surface area contributed by atoms with Gasteiger partial charge in [-0.25, -0.2) is 9.59 Å². The maximum atomic E-state index is 12.6. The van der Waals surface area contributed by atoms with Crippen LogP contribution < -0.4 is 10.4 Å². The summed E-state index contributed by atoms with van der Waals surface area (Å²) in [6, 6.07) is 25.8. The molecule has 0 unspecified atom stereocenters. The smallest absolute Gasteiger partial charge is 0.331 e. The lowest BCUT2D eigenvalue weighted by Gasteiger charge is -2.35. The van der Waals surface area contributed by atoms with Crippen LogP contribution in [0.5, 0.6) is 0 Å². The van der Waals surface area contributed by atoms with Crippen LogP contribution in [0.15, 0.2) is 60.7 Å². The summed E-state index contributed by atoms with van der Waals surface area (Å²) in [6.07, 6.45) is 10.0. The summed E-state index contributed by atoms with van der Waals surface area (Å²) < 4.78 is 11.1. The molecule has 0 aliphatic carbocycles. The fraction of sp³-hybridized carbons (Fsp3) is 0.667. The third kappa shape index (κ3) is 18.0. The highest BCUT2D eigenvalue weighted by atomic mass is 28.3. The average molecular weight is 777 g/mol. The number of ether oxygens (including phenoxy) is 2. The summed E-state index contributed by atoms with van der Waals surface area (Å²) in [6.45, 7) is 28.5. The van der Waals surface area contributed by atoms with Crippen molar-refractivity contribution in [2.75, 3.05) is 0 Å². The van der Waals surface area contributed by atoms with Crippen LogP contribution in [0.2, 0.25) is 36.3 Å². The van der Waals surface area contributed by atoms with Gasteiger partial charge in [0.2, 0.25) is 0 Å². The van der Waals surface area contributed by atoms with E-state index in [1.54, 1.807) is 10.4 Å². The molecule has 0 heterocycles. The Morgan fingerprint density at radius 3 is 0.852 bits per heavy atom. The molecule has 304 valence electrons. The van der Waals surface area contributed by atoms with E-state index in [2.05, 4.69) is 132 Å². The van der Waals surface area contributed by atoms with Gasteiger partial charge in [-0.15, -0.1) is 0 Å². The van der Waals surface area contributed by atoms with Crippen molar-refractivity contribution in [3.8, 4) is 0 Å². The number of hydrogen-bond acceptors (Lipinski definition) is 4. The fourth-order valence-electron chi connectivity index (χ4n) is 7.46. The molecule has 0 fully saturated rings. The molecule has 2 aromatic rings. The minimum absolute atomic E-state index is 0.180. The van der Waals surface area contributed by atoms with Crippen LogP contribution >= 0.6 is 0 Å². The molecule has 0 radical (unpaired) electrons. The maximum Gasteiger partial charge on any atom is 0.331 e. The number of esters is 2. The van der Waals surface area contributed by atoms with Crippen LogP contribution in [0.3, 0.4) is 0 Å². The Morgan fingerprint density at radius 2 is 0.648 bits per heavy atom. The third-order valence-electron chi connectivity index (χ3n) is 11.5. The molecule has 0 saturated carbocycles. The summed E-state index contributed by atoms with van der Waals surface area (Å²) in [5.74, 6) is 3.14. The SMILES string of the molecule is CC(C)CC[Si](CCC(C)C)(CCC(C)C)c1ccc(COC(=O)/C=C\C(=O)OCc2ccc([Si](CCC(C)C)(CCC(C)C)CCC(C)C)cc2)cc1. The molecule has 0 aliphatic rings. The monoisotopic (exact) mass is 777 g/mol. The number of benzene rings is 2. The Kier molecular flexibility index (Phi) is 21.4. The van der Waals surface area contributed by atoms with Gasteiger partial charge in [-0.2, -0.15) is 0 Å². The standard InChI is InChI=1S/C48H80O4Si2/c1-37(2)23-29-53(30-24-38(3)4,31-25-39(5)6)45-17-13-43(14-18-45)35-51-47(49)21-22-48(50)52-36-44-15-19-46(20-16-44)54(32-26-40(7)8,33-27-41(9)10)34-28-42(11)12/h13-22,37-42H,23-36H2,1-12H3/b22-21-.